The van der Waals surface area contributed by atoms with E-state index in [0.29, 0.717) is 0 Å². The average Bonchev–Trinajstić information content (AvgIpc) is 3.21. The topological polar surface area (TPSA) is 12.4 Å². The Labute approximate surface area is 165 Å². The summed E-state index contributed by atoms with van der Waals surface area (Å²) in [5.41, 5.74) is 0. The number of hydrogen-bond acceptors (Lipinski definition) is 3. The van der Waals surface area contributed by atoms with Crippen LogP contribution in [0, 0.1) is 62.5 Å². The van der Waals surface area contributed by atoms with Gasteiger partial charge in [-0.15, -0.1) is 11.8 Å². The minimum atomic E-state index is -0.106. The Bertz CT molecular complexity index is 274. The van der Waals surface area contributed by atoms with E-state index in [-0.39, 0.29) is 33.0 Å². The molecule has 0 unspecified atom stereocenters. The van der Waals surface area contributed by atoms with Crippen molar-refractivity contribution in [3.8, 4) is 0 Å². The molecule has 0 aromatic heterocycles. The zero-order valence-electron chi connectivity index (χ0n) is 11.2. The third-order valence-electron chi connectivity index (χ3n) is 2.37. The maximum atomic E-state index is 4.81. The molecular weight excluding hydrogens is 479 g/mol. The van der Waals surface area contributed by atoms with Gasteiger partial charge in [0, 0.05) is 17.5 Å². The minimum absolute atomic E-state index is 0. The van der Waals surface area contributed by atoms with Gasteiger partial charge in [-0.1, -0.05) is 0 Å². The molecule has 0 bridgehead atoms. The van der Waals surface area contributed by atoms with Gasteiger partial charge >= 0.3 is 52.1 Å². The Morgan fingerprint density at radius 3 is 2.10 bits per heavy atom. The largest absolute Gasteiger partial charge is 2.00 e. The predicted octanol–water partition coefficient (Wildman–Crippen LogP) is 4.62. The van der Waals surface area contributed by atoms with Crippen LogP contribution in [0.3, 0.4) is 0 Å². The SMILES string of the molecule is CS[C]1[CH][CH][CH][C]1C1=NCCS1.[CH]1[CH][CH][CH][CH]1.[Cl][Pd][Cl].[Fe+2]. The van der Waals surface area contributed by atoms with Crippen molar-refractivity contribution in [2.45, 2.75) is 0 Å². The van der Waals surface area contributed by atoms with Gasteiger partial charge in [0.25, 0.3) is 0 Å². The Morgan fingerprint density at radius 2 is 1.67 bits per heavy atom. The molecule has 0 N–H and O–H groups in total. The average molecular weight is 495 g/mol. The molecule has 3 rings (SSSR count). The first-order valence-electron chi connectivity index (χ1n) is 5.79. The van der Waals surface area contributed by atoms with Gasteiger partial charge < -0.3 is 0 Å². The Kier molecular flexibility index (Phi) is 17.2. The summed E-state index contributed by atoms with van der Waals surface area (Å²) >= 11 is 3.56. The Balaban J connectivity index is 0.000000374. The second kappa shape index (κ2) is 15.6. The first-order chi connectivity index (χ1) is 9.83. The predicted molar refractivity (Wildman–Crippen MR) is 90.9 cm³/mol. The molecule has 10 radical (unpaired) electrons. The van der Waals surface area contributed by atoms with Crippen molar-refractivity contribution >= 4 is 47.6 Å². The fourth-order valence-corrected chi connectivity index (χ4v) is 3.13. The third-order valence-corrected chi connectivity index (χ3v) is 4.17. The van der Waals surface area contributed by atoms with Crippen LogP contribution in [0.15, 0.2) is 4.99 Å². The summed E-state index contributed by atoms with van der Waals surface area (Å²) in [4.78, 5) is 4.45. The molecule has 2 saturated carbocycles. The van der Waals surface area contributed by atoms with Crippen molar-refractivity contribution in [2.75, 3.05) is 18.6 Å². The second-order valence-corrected chi connectivity index (χ2v) is 7.84. The van der Waals surface area contributed by atoms with E-state index >= 15 is 0 Å². The summed E-state index contributed by atoms with van der Waals surface area (Å²) < 4.78 is 0. The van der Waals surface area contributed by atoms with Crippen molar-refractivity contribution in [1.29, 1.82) is 0 Å². The molecule has 0 aromatic rings. The van der Waals surface area contributed by atoms with Crippen LogP contribution < -0.4 is 0 Å². The van der Waals surface area contributed by atoms with Crippen LogP contribution >= 0.6 is 42.6 Å². The molecule has 0 aromatic carbocycles. The monoisotopic (exact) mass is 493 g/mol. The molecule has 2 fully saturated rings. The van der Waals surface area contributed by atoms with Crippen molar-refractivity contribution in [3.05, 3.63) is 62.5 Å². The molecule has 0 amide bonds. The summed E-state index contributed by atoms with van der Waals surface area (Å²) in [6, 6.07) is 0. The summed E-state index contributed by atoms with van der Waals surface area (Å²) in [7, 11) is 9.63. The van der Waals surface area contributed by atoms with Gasteiger partial charge in [-0.05, 0) is 57.6 Å². The van der Waals surface area contributed by atoms with Gasteiger partial charge in [-0.2, -0.15) is 11.8 Å². The summed E-state index contributed by atoms with van der Waals surface area (Å²) in [6.45, 7) is 0.985. The fraction of sp³-hybridized carbons (Fsp3) is 0.214. The molecule has 1 nitrogen and oxygen atoms in total. The van der Waals surface area contributed by atoms with Gasteiger partial charge in [0.2, 0.25) is 0 Å². The van der Waals surface area contributed by atoms with Crippen molar-refractivity contribution in [3.63, 3.8) is 0 Å². The van der Waals surface area contributed by atoms with Crippen LogP contribution in [-0.2, 0) is 33.0 Å². The zero-order valence-corrected chi connectivity index (χ0v) is 17.0. The molecule has 7 heteroatoms. The number of halogens is 2. The normalized spacial score (nSPS) is 22.0. The van der Waals surface area contributed by atoms with Gasteiger partial charge in [0.05, 0.1) is 11.0 Å². The fourth-order valence-electron chi connectivity index (χ4n) is 1.58. The minimum Gasteiger partial charge on any atom is 2.00 e. The molecule has 0 spiro atoms. The summed E-state index contributed by atoms with van der Waals surface area (Å²) in [5, 5.41) is 2.58. The molecule has 0 atom stereocenters. The van der Waals surface area contributed by atoms with E-state index in [4.69, 9.17) is 19.1 Å². The van der Waals surface area contributed by atoms with E-state index in [0.717, 1.165) is 12.3 Å². The van der Waals surface area contributed by atoms with Crippen molar-refractivity contribution in [2.24, 2.45) is 4.99 Å². The molecular formula is C14H15Cl2FeNPdS2+2. The molecule has 1 aliphatic heterocycles. The zero-order chi connectivity index (χ0) is 14.6. The maximum absolute atomic E-state index is 4.81. The van der Waals surface area contributed by atoms with Gasteiger partial charge in [-0.3, -0.25) is 4.99 Å². The van der Waals surface area contributed by atoms with E-state index in [1.54, 1.807) is 11.8 Å². The molecule has 0 saturated heterocycles. The molecule has 3 aliphatic rings. The van der Waals surface area contributed by atoms with Crippen LogP contribution in [0.1, 0.15) is 0 Å². The van der Waals surface area contributed by atoms with Crippen molar-refractivity contribution in [1.82, 2.24) is 0 Å². The van der Waals surface area contributed by atoms with Gasteiger partial charge in [0.15, 0.2) is 0 Å². The summed E-state index contributed by atoms with van der Waals surface area (Å²) in [6.07, 6.45) is 18.5. The number of thioether (sulfide) groups is 2. The summed E-state index contributed by atoms with van der Waals surface area (Å²) in [5.74, 6) is 2.47. The Morgan fingerprint density at radius 1 is 1.10 bits per heavy atom. The quantitative estimate of drug-likeness (QED) is 0.520. The van der Waals surface area contributed by atoms with Gasteiger partial charge in [-0.25, -0.2) is 0 Å². The first-order valence-corrected chi connectivity index (χ1v) is 12.0. The van der Waals surface area contributed by atoms with Crippen LogP contribution in [-0.4, -0.2) is 23.6 Å². The molecule has 2 aliphatic carbocycles. The van der Waals surface area contributed by atoms with E-state index < -0.39 is 0 Å². The van der Waals surface area contributed by atoms with E-state index in [2.05, 4.69) is 30.5 Å². The van der Waals surface area contributed by atoms with E-state index in [1.165, 1.54) is 16.2 Å². The first kappa shape index (κ1) is 23.1. The van der Waals surface area contributed by atoms with E-state index in [9.17, 15) is 0 Å². The molecule has 1 heterocycles. The standard InChI is InChI=1S/C9H10NS2.C5H5.2ClH.Fe.Pd/c1-11-8-4-2-3-7(8)9-10-5-6-12-9;1-2-4-5-3-1;;;;/h2-4H,5-6H2,1H3;1-5H;2*1H;;/q;;;;2*+2/p-2. The van der Waals surface area contributed by atoms with Gasteiger partial charge in [0.1, 0.15) is 0 Å². The van der Waals surface area contributed by atoms with Crippen LogP contribution in [0.5, 0.6) is 0 Å². The second-order valence-electron chi connectivity index (χ2n) is 3.55. The van der Waals surface area contributed by atoms with E-state index in [1.807, 2.05) is 43.9 Å². The number of nitrogens with zero attached hydrogens (tertiary/aromatic N) is 1. The molecule has 21 heavy (non-hydrogen) atoms. The van der Waals surface area contributed by atoms with Crippen LogP contribution in [0.25, 0.3) is 0 Å². The third kappa shape index (κ3) is 9.88. The van der Waals surface area contributed by atoms with Crippen molar-refractivity contribution < 1.29 is 33.0 Å². The maximum Gasteiger partial charge on any atom is 2.00 e. The molecule has 118 valence electrons. The number of aliphatic imine (C=N–C) groups is 1. The number of rotatable bonds is 2. The smallest absolute Gasteiger partial charge is 2.00 e. The van der Waals surface area contributed by atoms with Crippen LogP contribution in [0.2, 0.25) is 0 Å². The Hall–Kier alpha value is 2.13. The number of hydrogen-bond donors (Lipinski definition) is 0. The van der Waals surface area contributed by atoms with Crippen LogP contribution in [0.4, 0.5) is 0 Å².